The normalized spacial score (nSPS) is 12.8. The third kappa shape index (κ3) is 2.86. The first-order valence-corrected chi connectivity index (χ1v) is 8.68. The predicted octanol–water partition coefficient (Wildman–Crippen LogP) is 3.86. The summed E-state index contributed by atoms with van der Waals surface area (Å²) in [6.45, 7) is 3.86. The second-order valence-corrected chi connectivity index (χ2v) is 6.84. The predicted molar refractivity (Wildman–Crippen MR) is 106 cm³/mol. The van der Waals surface area contributed by atoms with E-state index in [9.17, 15) is 4.79 Å². The molecule has 1 amide bonds. The van der Waals surface area contributed by atoms with Crippen LogP contribution >= 0.6 is 0 Å². The van der Waals surface area contributed by atoms with E-state index < -0.39 is 6.04 Å². The molecule has 3 aromatic carbocycles. The Morgan fingerprint density at radius 1 is 0.923 bits per heavy atom. The fraction of sp³-hybridized carbons (Fsp3) is 0.190. The van der Waals surface area contributed by atoms with Crippen molar-refractivity contribution < 1.29 is 4.79 Å². The minimum atomic E-state index is -0.547. The van der Waals surface area contributed by atoms with Crippen LogP contribution in [0.3, 0.4) is 0 Å². The van der Waals surface area contributed by atoms with E-state index >= 15 is 0 Å². The molecule has 1 aromatic heterocycles. The molecule has 5 heteroatoms. The Morgan fingerprint density at radius 2 is 1.58 bits per heavy atom. The highest BCUT2D eigenvalue weighted by Crippen LogP contribution is 2.28. The number of para-hydroxylation sites is 2. The minimum absolute atomic E-state index is 0.0723. The zero-order valence-electron chi connectivity index (χ0n) is 14.7. The van der Waals surface area contributed by atoms with Gasteiger partial charge in [-0.05, 0) is 41.6 Å². The first-order valence-electron chi connectivity index (χ1n) is 8.68. The highest BCUT2D eigenvalue weighted by Gasteiger charge is 2.18. The zero-order chi connectivity index (χ0) is 18.3. The van der Waals surface area contributed by atoms with Crippen molar-refractivity contribution in [3.05, 3.63) is 54.6 Å². The van der Waals surface area contributed by atoms with Gasteiger partial charge in [-0.2, -0.15) is 0 Å². The molecule has 5 nitrogen and oxygen atoms in total. The van der Waals surface area contributed by atoms with E-state index in [1.807, 2.05) is 68.4 Å². The molecule has 4 rings (SSSR count). The molecule has 1 atom stereocenters. The molecule has 26 heavy (non-hydrogen) atoms. The lowest BCUT2D eigenvalue weighted by Crippen LogP contribution is -2.39. The van der Waals surface area contributed by atoms with Crippen molar-refractivity contribution in [1.82, 2.24) is 9.97 Å². The third-order valence-corrected chi connectivity index (χ3v) is 4.62. The molecule has 0 spiro atoms. The average Bonchev–Trinajstić information content (AvgIpc) is 2.64. The molecular formula is C21H20N4O. The Kier molecular flexibility index (Phi) is 4.01. The van der Waals surface area contributed by atoms with E-state index in [0.29, 0.717) is 0 Å². The summed E-state index contributed by atoms with van der Waals surface area (Å²) < 4.78 is 0. The monoisotopic (exact) mass is 344 g/mol. The average molecular weight is 344 g/mol. The van der Waals surface area contributed by atoms with Gasteiger partial charge in [0.2, 0.25) is 5.91 Å². The molecular weight excluding hydrogens is 324 g/mol. The van der Waals surface area contributed by atoms with Crippen LogP contribution in [0.25, 0.3) is 32.8 Å². The van der Waals surface area contributed by atoms with E-state index in [1.54, 1.807) is 0 Å². The summed E-state index contributed by atoms with van der Waals surface area (Å²) in [4.78, 5) is 21.8. The van der Waals surface area contributed by atoms with Gasteiger partial charge in [-0.15, -0.1) is 0 Å². The highest BCUT2D eigenvalue weighted by molar-refractivity contribution is 6.07. The molecule has 0 aliphatic heterocycles. The maximum Gasteiger partial charge on any atom is 0.241 e. The van der Waals surface area contributed by atoms with Gasteiger partial charge >= 0.3 is 0 Å². The van der Waals surface area contributed by atoms with Crippen LogP contribution in [0.2, 0.25) is 0 Å². The van der Waals surface area contributed by atoms with Gasteiger partial charge in [-0.3, -0.25) is 4.79 Å². The lowest BCUT2D eigenvalue weighted by atomic mass is 10.0. The van der Waals surface area contributed by atoms with E-state index in [0.717, 1.165) is 38.5 Å². The summed E-state index contributed by atoms with van der Waals surface area (Å²) in [5.41, 5.74) is 10.1. The van der Waals surface area contributed by atoms with Gasteiger partial charge in [0.05, 0.1) is 28.1 Å². The first-order chi connectivity index (χ1) is 12.5. The van der Waals surface area contributed by atoms with Gasteiger partial charge in [-0.1, -0.05) is 38.1 Å². The summed E-state index contributed by atoms with van der Waals surface area (Å²) in [5, 5.41) is 4.88. The van der Waals surface area contributed by atoms with E-state index in [4.69, 9.17) is 15.7 Å². The topological polar surface area (TPSA) is 80.9 Å². The second-order valence-electron chi connectivity index (χ2n) is 6.84. The molecule has 0 radical (unpaired) electrons. The Morgan fingerprint density at radius 3 is 2.23 bits per heavy atom. The quantitative estimate of drug-likeness (QED) is 0.553. The number of carbonyl (C=O) groups excluding carboxylic acids is 1. The maximum atomic E-state index is 12.4. The molecule has 0 fully saturated rings. The lowest BCUT2D eigenvalue weighted by molar-refractivity contribution is -0.118. The van der Waals surface area contributed by atoms with Crippen LogP contribution in [0.4, 0.5) is 5.69 Å². The summed E-state index contributed by atoms with van der Waals surface area (Å²) in [6.07, 6.45) is 0. The van der Waals surface area contributed by atoms with Crippen molar-refractivity contribution in [2.45, 2.75) is 19.9 Å². The van der Waals surface area contributed by atoms with Crippen molar-refractivity contribution >= 4 is 44.4 Å². The van der Waals surface area contributed by atoms with E-state index in [2.05, 4.69) is 5.32 Å². The second kappa shape index (κ2) is 6.35. The zero-order valence-corrected chi connectivity index (χ0v) is 14.7. The summed E-state index contributed by atoms with van der Waals surface area (Å²) in [7, 11) is 0. The van der Waals surface area contributed by atoms with Crippen molar-refractivity contribution in [2.75, 3.05) is 5.32 Å². The van der Waals surface area contributed by atoms with E-state index in [-0.39, 0.29) is 11.8 Å². The van der Waals surface area contributed by atoms with Gasteiger partial charge in [0.15, 0.2) is 0 Å². The van der Waals surface area contributed by atoms with Gasteiger partial charge in [-0.25, -0.2) is 9.97 Å². The Hall–Kier alpha value is -3.05. The number of aromatic nitrogens is 2. The fourth-order valence-electron chi connectivity index (χ4n) is 3.02. The smallest absolute Gasteiger partial charge is 0.241 e. The fourth-order valence-corrected chi connectivity index (χ4v) is 3.02. The maximum absolute atomic E-state index is 12.4. The van der Waals surface area contributed by atoms with Crippen LogP contribution in [-0.2, 0) is 4.79 Å². The van der Waals surface area contributed by atoms with Crippen molar-refractivity contribution in [1.29, 1.82) is 0 Å². The SMILES string of the molecule is CC(C)[C@H](N)C(=O)Nc1cccc2cc3nc4ccccc4nc3cc12. The first kappa shape index (κ1) is 16.4. The number of nitrogens with one attached hydrogen (secondary N) is 1. The molecule has 0 aliphatic rings. The number of amides is 1. The molecule has 3 N–H and O–H groups in total. The molecule has 1 heterocycles. The Labute approximate surface area is 151 Å². The van der Waals surface area contributed by atoms with Gasteiger partial charge in [0, 0.05) is 11.1 Å². The number of anilines is 1. The third-order valence-electron chi connectivity index (χ3n) is 4.62. The standard InChI is InChI=1S/C21H20N4O/c1-12(2)20(22)21(26)25-15-9-5-6-13-10-18-19(11-14(13)15)24-17-8-4-3-7-16(17)23-18/h3-12,20H,22H2,1-2H3,(H,25,26)/t20-/m0/s1. The summed E-state index contributed by atoms with van der Waals surface area (Å²) in [6, 6.07) is 17.0. The number of rotatable bonds is 3. The molecule has 0 saturated heterocycles. The van der Waals surface area contributed by atoms with Crippen molar-refractivity contribution in [2.24, 2.45) is 11.7 Å². The van der Waals surface area contributed by atoms with Crippen molar-refractivity contribution in [3.63, 3.8) is 0 Å². The number of nitrogens with zero attached hydrogens (tertiary/aromatic N) is 2. The van der Waals surface area contributed by atoms with Gasteiger partial charge in [0.25, 0.3) is 0 Å². The van der Waals surface area contributed by atoms with Crippen LogP contribution in [-0.4, -0.2) is 21.9 Å². The lowest BCUT2D eigenvalue weighted by Gasteiger charge is -2.16. The number of hydrogen-bond donors (Lipinski definition) is 2. The molecule has 0 unspecified atom stereocenters. The number of benzene rings is 3. The number of hydrogen-bond acceptors (Lipinski definition) is 4. The van der Waals surface area contributed by atoms with Crippen molar-refractivity contribution in [3.8, 4) is 0 Å². The number of fused-ring (bicyclic) bond motifs is 3. The minimum Gasteiger partial charge on any atom is -0.324 e. The van der Waals surface area contributed by atoms with Gasteiger partial charge < -0.3 is 11.1 Å². The Bertz CT molecular complexity index is 1140. The summed E-state index contributed by atoms with van der Waals surface area (Å²) in [5.74, 6) is -0.111. The van der Waals surface area contributed by atoms with Gasteiger partial charge in [0.1, 0.15) is 0 Å². The Balaban J connectivity index is 1.85. The van der Waals surface area contributed by atoms with Crippen LogP contribution in [0.5, 0.6) is 0 Å². The number of nitrogens with two attached hydrogens (primary N) is 1. The molecule has 130 valence electrons. The van der Waals surface area contributed by atoms with E-state index in [1.165, 1.54) is 0 Å². The van der Waals surface area contributed by atoms with Crippen LogP contribution in [0.1, 0.15) is 13.8 Å². The highest BCUT2D eigenvalue weighted by atomic mass is 16.2. The molecule has 0 bridgehead atoms. The van der Waals surface area contributed by atoms with Crippen LogP contribution in [0.15, 0.2) is 54.6 Å². The molecule has 4 aromatic rings. The number of carbonyl (C=O) groups is 1. The molecule has 0 saturated carbocycles. The largest absolute Gasteiger partial charge is 0.324 e. The molecule has 0 aliphatic carbocycles. The van der Waals surface area contributed by atoms with Crippen LogP contribution in [0, 0.1) is 5.92 Å². The van der Waals surface area contributed by atoms with Crippen LogP contribution < -0.4 is 11.1 Å². The summed E-state index contributed by atoms with van der Waals surface area (Å²) >= 11 is 0.